The molecule has 1 unspecified atom stereocenters. The lowest BCUT2D eigenvalue weighted by molar-refractivity contribution is -0.137. The van der Waals surface area contributed by atoms with Crippen molar-refractivity contribution in [1.82, 2.24) is 4.90 Å². The Balaban J connectivity index is 1.99. The first-order valence-electron chi connectivity index (χ1n) is 8.43. The quantitative estimate of drug-likeness (QED) is 0.907. The number of piperidine rings is 1. The van der Waals surface area contributed by atoms with Gasteiger partial charge in [0.1, 0.15) is 0 Å². The summed E-state index contributed by atoms with van der Waals surface area (Å²) in [5, 5.41) is 8.82. The number of benzene rings is 1. The predicted octanol–water partition coefficient (Wildman–Crippen LogP) is 3.26. The zero-order chi connectivity index (χ0) is 17.0. The highest BCUT2D eigenvalue weighted by Crippen LogP contribution is 2.23. The number of carboxylic acids is 1. The van der Waals surface area contributed by atoms with E-state index in [-0.39, 0.29) is 12.3 Å². The van der Waals surface area contributed by atoms with E-state index >= 15 is 0 Å². The normalized spacial score (nSPS) is 18.0. The maximum absolute atomic E-state index is 12.7. The minimum absolute atomic E-state index is 0.167. The van der Waals surface area contributed by atoms with Gasteiger partial charge in [-0.1, -0.05) is 17.7 Å². The van der Waals surface area contributed by atoms with Crippen LogP contribution in [0.2, 0.25) is 0 Å². The van der Waals surface area contributed by atoms with Gasteiger partial charge in [-0.15, -0.1) is 0 Å². The third-order valence-electron chi connectivity index (χ3n) is 4.81. The molecule has 1 aromatic carbocycles. The molecule has 1 aliphatic heterocycles. The van der Waals surface area contributed by atoms with Gasteiger partial charge < -0.3 is 10.0 Å². The number of carboxylic acid groups (broad SMARTS) is 1. The zero-order valence-corrected chi connectivity index (χ0v) is 14.4. The molecule has 2 rings (SSSR count). The molecule has 1 aliphatic rings. The second-order valence-corrected chi connectivity index (χ2v) is 6.83. The van der Waals surface area contributed by atoms with Gasteiger partial charge >= 0.3 is 5.97 Å². The molecular formula is C19H27NO3. The maximum Gasteiger partial charge on any atom is 0.303 e. The van der Waals surface area contributed by atoms with Crippen LogP contribution in [0.5, 0.6) is 0 Å². The number of hydrogen-bond donors (Lipinski definition) is 1. The highest BCUT2D eigenvalue weighted by Gasteiger charge is 2.24. The van der Waals surface area contributed by atoms with Crippen LogP contribution in [-0.2, 0) is 16.0 Å². The molecule has 0 bridgehead atoms. The topological polar surface area (TPSA) is 57.6 Å². The summed E-state index contributed by atoms with van der Waals surface area (Å²) in [5.41, 5.74) is 4.71. The molecule has 126 valence electrons. The van der Waals surface area contributed by atoms with Crippen molar-refractivity contribution in [1.29, 1.82) is 0 Å². The van der Waals surface area contributed by atoms with E-state index in [0.29, 0.717) is 25.3 Å². The summed E-state index contributed by atoms with van der Waals surface area (Å²) in [6.07, 6.45) is 3.32. The summed E-state index contributed by atoms with van der Waals surface area (Å²) in [6, 6.07) is 4.25. The van der Waals surface area contributed by atoms with Gasteiger partial charge in [0.15, 0.2) is 0 Å². The van der Waals surface area contributed by atoms with Crippen molar-refractivity contribution < 1.29 is 14.7 Å². The van der Waals surface area contributed by atoms with Gasteiger partial charge in [-0.2, -0.15) is 0 Å². The molecule has 1 atom stereocenters. The number of aliphatic carboxylic acids is 1. The van der Waals surface area contributed by atoms with Crippen LogP contribution in [0.15, 0.2) is 12.1 Å². The molecule has 4 nitrogen and oxygen atoms in total. The largest absolute Gasteiger partial charge is 0.481 e. The number of likely N-dealkylation sites (tertiary alicyclic amines) is 1. The molecule has 1 saturated heterocycles. The van der Waals surface area contributed by atoms with Crippen molar-refractivity contribution in [3.8, 4) is 0 Å². The molecule has 1 N–H and O–H groups in total. The Kier molecular flexibility index (Phi) is 5.80. The summed E-state index contributed by atoms with van der Waals surface area (Å²) >= 11 is 0. The number of hydrogen-bond acceptors (Lipinski definition) is 2. The standard InChI is InChI=1S/C19H27NO3/c1-13-9-14(2)17(15(3)10-13)11-18(21)20-8-4-5-16(12-20)6-7-19(22)23/h9-10,16H,4-8,11-12H2,1-3H3,(H,22,23). The van der Waals surface area contributed by atoms with Crippen molar-refractivity contribution in [2.24, 2.45) is 5.92 Å². The first-order chi connectivity index (χ1) is 10.9. The summed E-state index contributed by atoms with van der Waals surface area (Å²) in [7, 11) is 0. The second-order valence-electron chi connectivity index (χ2n) is 6.83. The maximum atomic E-state index is 12.7. The number of amides is 1. The minimum Gasteiger partial charge on any atom is -0.481 e. The molecule has 23 heavy (non-hydrogen) atoms. The lowest BCUT2D eigenvalue weighted by Gasteiger charge is -2.33. The Hall–Kier alpha value is -1.84. The molecule has 1 heterocycles. The Morgan fingerprint density at radius 3 is 2.48 bits per heavy atom. The van der Waals surface area contributed by atoms with E-state index in [4.69, 9.17) is 5.11 Å². The molecule has 0 saturated carbocycles. The summed E-state index contributed by atoms with van der Waals surface area (Å²) in [5.74, 6) is -0.261. The Morgan fingerprint density at radius 2 is 1.87 bits per heavy atom. The van der Waals surface area contributed by atoms with E-state index < -0.39 is 5.97 Å². The number of aryl methyl sites for hydroxylation is 3. The molecule has 1 fully saturated rings. The van der Waals surface area contributed by atoms with Crippen LogP contribution < -0.4 is 0 Å². The Morgan fingerprint density at radius 1 is 1.22 bits per heavy atom. The smallest absolute Gasteiger partial charge is 0.303 e. The summed E-state index contributed by atoms with van der Waals surface area (Å²) in [4.78, 5) is 25.3. The Labute approximate surface area is 138 Å². The second kappa shape index (κ2) is 7.62. The molecule has 0 radical (unpaired) electrons. The van der Waals surface area contributed by atoms with Crippen molar-refractivity contribution in [3.63, 3.8) is 0 Å². The fourth-order valence-corrected chi connectivity index (χ4v) is 3.61. The highest BCUT2D eigenvalue weighted by molar-refractivity contribution is 5.79. The lowest BCUT2D eigenvalue weighted by Crippen LogP contribution is -2.41. The zero-order valence-electron chi connectivity index (χ0n) is 14.4. The molecule has 0 spiro atoms. The first kappa shape index (κ1) is 17.5. The average molecular weight is 317 g/mol. The van der Waals surface area contributed by atoms with Crippen LogP contribution in [0.1, 0.15) is 47.9 Å². The molecule has 4 heteroatoms. The average Bonchev–Trinajstić information content (AvgIpc) is 2.49. The van der Waals surface area contributed by atoms with Crippen molar-refractivity contribution in [2.45, 2.75) is 52.9 Å². The number of carbonyl (C=O) groups excluding carboxylic acids is 1. The SMILES string of the molecule is Cc1cc(C)c(CC(=O)N2CCCC(CCC(=O)O)C2)c(C)c1. The van der Waals surface area contributed by atoms with E-state index in [0.717, 1.165) is 24.9 Å². The Bertz CT molecular complexity index is 571. The predicted molar refractivity (Wildman–Crippen MR) is 90.5 cm³/mol. The van der Waals surface area contributed by atoms with Gasteiger partial charge in [0.2, 0.25) is 5.91 Å². The third-order valence-corrected chi connectivity index (χ3v) is 4.81. The third kappa shape index (κ3) is 4.81. The fourth-order valence-electron chi connectivity index (χ4n) is 3.61. The van der Waals surface area contributed by atoms with Crippen LogP contribution in [0.25, 0.3) is 0 Å². The first-order valence-corrected chi connectivity index (χ1v) is 8.43. The van der Waals surface area contributed by atoms with Crippen molar-refractivity contribution >= 4 is 11.9 Å². The van der Waals surface area contributed by atoms with Gasteiger partial charge in [-0.25, -0.2) is 0 Å². The van der Waals surface area contributed by atoms with E-state index in [1.165, 1.54) is 16.7 Å². The van der Waals surface area contributed by atoms with Crippen LogP contribution in [-0.4, -0.2) is 35.0 Å². The number of carbonyl (C=O) groups is 2. The number of nitrogens with zero attached hydrogens (tertiary/aromatic N) is 1. The van der Waals surface area contributed by atoms with E-state index in [1.807, 2.05) is 4.90 Å². The van der Waals surface area contributed by atoms with E-state index in [2.05, 4.69) is 32.9 Å². The molecule has 1 aromatic rings. The molecule has 0 aromatic heterocycles. The highest BCUT2D eigenvalue weighted by atomic mass is 16.4. The molecule has 0 aliphatic carbocycles. The minimum atomic E-state index is -0.751. The summed E-state index contributed by atoms with van der Waals surface area (Å²) < 4.78 is 0. The van der Waals surface area contributed by atoms with Gasteiger partial charge in [-0.05, 0) is 62.6 Å². The van der Waals surface area contributed by atoms with Crippen LogP contribution >= 0.6 is 0 Å². The fraction of sp³-hybridized carbons (Fsp3) is 0.579. The van der Waals surface area contributed by atoms with Crippen molar-refractivity contribution in [2.75, 3.05) is 13.1 Å². The van der Waals surface area contributed by atoms with Crippen molar-refractivity contribution in [3.05, 3.63) is 34.4 Å². The van der Waals surface area contributed by atoms with Gasteiger partial charge in [-0.3, -0.25) is 9.59 Å². The monoisotopic (exact) mass is 317 g/mol. The van der Waals surface area contributed by atoms with E-state index in [9.17, 15) is 9.59 Å². The van der Waals surface area contributed by atoms with Crippen LogP contribution in [0.4, 0.5) is 0 Å². The molecular weight excluding hydrogens is 290 g/mol. The van der Waals surface area contributed by atoms with Gasteiger partial charge in [0.25, 0.3) is 0 Å². The van der Waals surface area contributed by atoms with Gasteiger partial charge in [0.05, 0.1) is 6.42 Å². The number of rotatable bonds is 5. The summed E-state index contributed by atoms with van der Waals surface area (Å²) in [6.45, 7) is 7.70. The molecule has 1 amide bonds. The van der Waals surface area contributed by atoms with Gasteiger partial charge in [0, 0.05) is 19.5 Å². The van der Waals surface area contributed by atoms with E-state index in [1.54, 1.807) is 0 Å². The van der Waals surface area contributed by atoms with Crippen LogP contribution in [0, 0.1) is 26.7 Å². The van der Waals surface area contributed by atoms with Crippen LogP contribution in [0.3, 0.4) is 0 Å². The lowest BCUT2D eigenvalue weighted by atomic mass is 9.92.